The van der Waals surface area contributed by atoms with Crippen molar-refractivity contribution in [3.63, 3.8) is 0 Å². The lowest BCUT2D eigenvalue weighted by Crippen LogP contribution is -2.55. The standard InChI is InChI=1S/C12H15IO5/c13-7-4-2-1-3-6(7)12-11(17)10(16)9(15)8(5-14)18-12/h1-4,8-12,14-17H,5H2/t8-,9-,10+,11-,12?/m1/s1. The first-order chi connectivity index (χ1) is 8.56. The average Bonchev–Trinajstić information content (AvgIpc) is 2.38. The van der Waals surface area contributed by atoms with Gasteiger partial charge in [0.25, 0.3) is 0 Å². The average molecular weight is 366 g/mol. The van der Waals surface area contributed by atoms with Crippen LogP contribution in [0.4, 0.5) is 0 Å². The van der Waals surface area contributed by atoms with Crippen LogP contribution in [0.2, 0.25) is 0 Å². The minimum Gasteiger partial charge on any atom is -0.394 e. The number of hydrogen-bond acceptors (Lipinski definition) is 5. The monoisotopic (exact) mass is 366 g/mol. The van der Waals surface area contributed by atoms with Crippen molar-refractivity contribution in [1.82, 2.24) is 0 Å². The Labute approximate surface area is 118 Å². The van der Waals surface area contributed by atoms with Gasteiger partial charge in [-0.1, -0.05) is 18.2 Å². The van der Waals surface area contributed by atoms with E-state index in [1.54, 1.807) is 12.1 Å². The predicted octanol–water partition coefficient (Wildman–Crippen LogP) is -0.194. The number of halogens is 1. The zero-order chi connectivity index (χ0) is 13.3. The van der Waals surface area contributed by atoms with Crippen molar-refractivity contribution in [3.05, 3.63) is 33.4 Å². The van der Waals surface area contributed by atoms with Gasteiger partial charge in [0.1, 0.15) is 30.5 Å². The first kappa shape index (κ1) is 14.2. The summed E-state index contributed by atoms with van der Waals surface area (Å²) < 4.78 is 6.37. The van der Waals surface area contributed by atoms with Crippen LogP contribution >= 0.6 is 22.6 Å². The van der Waals surface area contributed by atoms with E-state index < -0.39 is 37.1 Å². The summed E-state index contributed by atoms with van der Waals surface area (Å²) in [6.07, 6.45) is -5.50. The minimum absolute atomic E-state index is 0.412. The molecule has 2 rings (SSSR count). The summed E-state index contributed by atoms with van der Waals surface area (Å²) in [6.45, 7) is -0.412. The Kier molecular flexibility index (Phi) is 4.57. The summed E-state index contributed by atoms with van der Waals surface area (Å²) in [5.41, 5.74) is 0.731. The third-order valence-electron chi connectivity index (χ3n) is 3.10. The van der Waals surface area contributed by atoms with Crippen molar-refractivity contribution in [3.8, 4) is 0 Å². The molecule has 1 unspecified atom stereocenters. The van der Waals surface area contributed by atoms with E-state index in [-0.39, 0.29) is 0 Å². The van der Waals surface area contributed by atoms with Crippen LogP contribution in [0.15, 0.2) is 24.3 Å². The maximum absolute atomic E-state index is 9.98. The van der Waals surface area contributed by atoms with Gasteiger partial charge in [-0.2, -0.15) is 0 Å². The van der Waals surface area contributed by atoms with E-state index in [0.29, 0.717) is 0 Å². The molecule has 1 aliphatic heterocycles. The number of aliphatic hydroxyl groups excluding tert-OH is 4. The van der Waals surface area contributed by atoms with Crippen LogP contribution in [0.3, 0.4) is 0 Å². The van der Waals surface area contributed by atoms with Crippen LogP contribution in [0, 0.1) is 3.57 Å². The van der Waals surface area contributed by atoms with Crippen molar-refractivity contribution in [2.75, 3.05) is 6.61 Å². The molecule has 0 radical (unpaired) electrons. The van der Waals surface area contributed by atoms with Gasteiger partial charge >= 0.3 is 0 Å². The SMILES string of the molecule is OC[C@H]1OC(c2ccccc2I)[C@H](O)[C@@H](O)[C@@H]1O. The maximum atomic E-state index is 9.98. The molecule has 6 heteroatoms. The van der Waals surface area contributed by atoms with Gasteiger partial charge in [0.05, 0.1) is 6.61 Å². The molecule has 1 aliphatic rings. The topological polar surface area (TPSA) is 90.2 Å². The highest BCUT2D eigenvalue weighted by molar-refractivity contribution is 14.1. The molecule has 1 saturated heterocycles. The third-order valence-corrected chi connectivity index (χ3v) is 4.09. The van der Waals surface area contributed by atoms with Gasteiger partial charge < -0.3 is 25.2 Å². The summed E-state index contributed by atoms with van der Waals surface area (Å²) in [7, 11) is 0. The van der Waals surface area contributed by atoms with Crippen LogP contribution in [0.1, 0.15) is 11.7 Å². The highest BCUT2D eigenvalue weighted by Crippen LogP contribution is 2.34. The molecule has 1 heterocycles. The lowest BCUT2D eigenvalue weighted by molar-refractivity contribution is -0.231. The van der Waals surface area contributed by atoms with Crippen LogP contribution < -0.4 is 0 Å². The molecule has 4 N–H and O–H groups in total. The number of rotatable bonds is 2. The Hall–Kier alpha value is -0.250. The van der Waals surface area contributed by atoms with E-state index in [1.807, 2.05) is 12.1 Å². The fraction of sp³-hybridized carbons (Fsp3) is 0.500. The molecule has 0 saturated carbocycles. The molecule has 0 spiro atoms. The molecule has 0 amide bonds. The van der Waals surface area contributed by atoms with Gasteiger partial charge in [-0.25, -0.2) is 0 Å². The largest absolute Gasteiger partial charge is 0.394 e. The summed E-state index contributed by atoms with van der Waals surface area (Å²) >= 11 is 2.11. The van der Waals surface area contributed by atoms with E-state index in [4.69, 9.17) is 9.84 Å². The van der Waals surface area contributed by atoms with Crippen LogP contribution in [-0.2, 0) is 4.74 Å². The third kappa shape index (κ3) is 2.54. The van der Waals surface area contributed by atoms with Gasteiger partial charge in [-0.15, -0.1) is 0 Å². The molecular weight excluding hydrogens is 351 g/mol. The Morgan fingerprint density at radius 1 is 1.06 bits per heavy atom. The summed E-state index contributed by atoms with van der Waals surface area (Å²) in [5, 5.41) is 38.5. The van der Waals surface area contributed by atoms with E-state index in [1.165, 1.54) is 0 Å². The Morgan fingerprint density at radius 3 is 2.33 bits per heavy atom. The smallest absolute Gasteiger partial charge is 0.113 e. The van der Waals surface area contributed by atoms with E-state index in [0.717, 1.165) is 9.13 Å². The number of benzene rings is 1. The van der Waals surface area contributed by atoms with Crippen molar-refractivity contribution in [2.45, 2.75) is 30.5 Å². The summed E-state index contributed by atoms with van der Waals surface area (Å²) in [6, 6.07) is 7.31. The lowest BCUT2D eigenvalue weighted by Gasteiger charge is -2.40. The second-order valence-electron chi connectivity index (χ2n) is 4.27. The first-order valence-electron chi connectivity index (χ1n) is 5.61. The molecule has 5 atom stereocenters. The van der Waals surface area contributed by atoms with Crippen molar-refractivity contribution in [1.29, 1.82) is 0 Å². The van der Waals surface area contributed by atoms with E-state index in [2.05, 4.69) is 22.6 Å². The predicted molar refractivity (Wildman–Crippen MR) is 71.9 cm³/mol. The van der Waals surface area contributed by atoms with Gasteiger partial charge in [-0.3, -0.25) is 0 Å². The molecule has 5 nitrogen and oxygen atoms in total. The molecular formula is C12H15IO5. The maximum Gasteiger partial charge on any atom is 0.113 e. The fourth-order valence-electron chi connectivity index (χ4n) is 2.06. The van der Waals surface area contributed by atoms with Gasteiger partial charge in [0.2, 0.25) is 0 Å². The fourth-order valence-corrected chi connectivity index (χ4v) is 2.76. The molecule has 1 aromatic rings. The van der Waals surface area contributed by atoms with Gasteiger partial charge in [0, 0.05) is 3.57 Å². The zero-order valence-electron chi connectivity index (χ0n) is 9.48. The van der Waals surface area contributed by atoms with Crippen LogP contribution in [-0.4, -0.2) is 51.4 Å². The molecule has 0 bridgehead atoms. The molecule has 1 aromatic carbocycles. The lowest BCUT2D eigenvalue weighted by atomic mass is 9.91. The van der Waals surface area contributed by atoms with Crippen molar-refractivity contribution >= 4 is 22.6 Å². The molecule has 18 heavy (non-hydrogen) atoms. The van der Waals surface area contributed by atoms with Crippen molar-refractivity contribution < 1.29 is 25.2 Å². The van der Waals surface area contributed by atoms with Crippen LogP contribution in [0.25, 0.3) is 0 Å². The molecule has 0 aromatic heterocycles. The summed E-state index contributed by atoms with van der Waals surface area (Å²) in [5.74, 6) is 0. The number of aliphatic hydroxyl groups is 4. The highest BCUT2D eigenvalue weighted by atomic mass is 127. The Bertz CT molecular complexity index is 411. The Morgan fingerprint density at radius 2 is 1.72 bits per heavy atom. The quantitative estimate of drug-likeness (QED) is 0.545. The number of ether oxygens (including phenoxy) is 1. The molecule has 1 fully saturated rings. The van der Waals surface area contributed by atoms with Gasteiger partial charge in [0.15, 0.2) is 0 Å². The summed E-state index contributed by atoms with van der Waals surface area (Å²) in [4.78, 5) is 0. The van der Waals surface area contributed by atoms with E-state index >= 15 is 0 Å². The second kappa shape index (κ2) is 5.81. The highest BCUT2D eigenvalue weighted by Gasteiger charge is 2.44. The molecule has 100 valence electrons. The second-order valence-corrected chi connectivity index (χ2v) is 5.43. The minimum atomic E-state index is -1.34. The first-order valence-corrected chi connectivity index (χ1v) is 6.69. The molecule has 0 aliphatic carbocycles. The number of hydrogen-bond donors (Lipinski definition) is 4. The normalized spacial score (nSPS) is 36.6. The van der Waals surface area contributed by atoms with Gasteiger partial charge in [-0.05, 0) is 34.2 Å². The Balaban J connectivity index is 2.30. The van der Waals surface area contributed by atoms with Crippen molar-refractivity contribution in [2.24, 2.45) is 0 Å². The van der Waals surface area contributed by atoms with E-state index in [9.17, 15) is 15.3 Å². The zero-order valence-corrected chi connectivity index (χ0v) is 11.6. The van der Waals surface area contributed by atoms with Crippen LogP contribution in [0.5, 0.6) is 0 Å².